The van der Waals surface area contributed by atoms with Crippen molar-refractivity contribution in [3.63, 3.8) is 0 Å². The van der Waals surface area contributed by atoms with Gasteiger partial charge in [-0.3, -0.25) is 0 Å². The highest BCUT2D eigenvalue weighted by molar-refractivity contribution is 7.89. The molecule has 1 unspecified atom stereocenters. The van der Waals surface area contributed by atoms with Gasteiger partial charge in [0.25, 0.3) is 0 Å². The second kappa shape index (κ2) is 4.39. The van der Waals surface area contributed by atoms with E-state index in [4.69, 9.17) is 5.73 Å². The van der Waals surface area contributed by atoms with Gasteiger partial charge in [0.15, 0.2) is 0 Å². The van der Waals surface area contributed by atoms with Gasteiger partial charge in [0, 0.05) is 19.1 Å². The molecule has 1 saturated heterocycles. The summed E-state index contributed by atoms with van der Waals surface area (Å²) in [5.74, 6) is 0.0764. The molecule has 0 aromatic rings. The van der Waals surface area contributed by atoms with E-state index in [1.54, 1.807) is 11.2 Å². The largest absolute Gasteiger partial charge is 0.327 e. The van der Waals surface area contributed by atoms with Gasteiger partial charge in [0.1, 0.15) is 0 Å². The lowest BCUT2D eigenvalue weighted by atomic mass is 10.2. The van der Waals surface area contributed by atoms with E-state index in [1.807, 2.05) is 0 Å². The van der Waals surface area contributed by atoms with E-state index in [0.29, 0.717) is 13.1 Å². The van der Waals surface area contributed by atoms with Crippen molar-refractivity contribution in [2.75, 3.05) is 18.8 Å². The molecule has 1 aliphatic heterocycles. The monoisotopic (exact) mass is 206 g/mol. The Kier molecular flexibility index (Phi) is 3.70. The summed E-state index contributed by atoms with van der Waals surface area (Å²) in [6.45, 7) is 3.08. The average molecular weight is 206 g/mol. The average Bonchev–Trinajstić information content (AvgIpc) is 2.04. The molecule has 0 aromatic heterocycles. The molecule has 1 rings (SSSR count). The van der Waals surface area contributed by atoms with Gasteiger partial charge in [0.05, 0.1) is 5.75 Å². The van der Waals surface area contributed by atoms with Gasteiger partial charge < -0.3 is 5.73 Å². The van der Waals surface area contributed by atoms with Crippen molar-refractivity contribution in [2.45, 2.75) is 32.2 Å². The van der Waals surface area contributed by atoms with Crippen LogP contribution in [0.25, 0.3) is 0 Å². The third-order valence-corrected chi connectivity index (χ3v) is 4.28. The van der Waals surface area contributed by atoms with Crippen molar-refractivity contribution >= 4 is 10.0 Å². The summed E-state index contributed by atoms with van der Waals surface area (Å²) in [5, 5.41) is 0. The fourth-order valence-electron chi connectivity index (χ4n) is 1.58. The van der Waals surface area contributed by atoms with Crippen LogP contribution in [-0.4, -0.2) is 37.6 Å². The van der Waals surface area contributed by atoms with Gasteiger partial charge in [-0.15, -0.1) is 0 Å². The number of sulfonamides is 1. The molecular formula is C8H18N2O2S. The SMILES string of the molecule is CC(N)CS(=O)(=O)N1CCCCC1. The second-order valence-corrected chi connectivity index (χ2v) is 5.73. The van der Waals surface area contributed by atoms with Gasteiger partial charge in [-0.1, -0.05) is 6.42 Å². The predicted octanol–water partition coefficient (Wildman–Crippen LogP) is 0.149. The fraction of sp³-hybridized carbons (Fsp3) is 1.00. The number of rotatable bonds is 3. The standard InChI is InChI=1S/C8H18N2O2S/c1-8(9)7-13(11,12)10-5-3-2-4-6-10/h8H,2-7,9H2,1H3. The zero-order valence-corrected chi connectivity index (χ0v) is 8.89. The zero-order chi connectivity index (χ0) is 9.90. The molecule has 0 bridgehead atoms. The molecule has 1 fully saturated rings. The van der Waals surface area contributed by atoms with Crippen molar-refractivity contribution in [1.82, 2.24) is 4.31 Å². The van der Waals surface area contributed by atoms with Crippen LogP contribution in [0.4, 0.5) is 0 Å². The highest BCUT2D eigenvalue weighted by Crippen LogP contribution is 2.13. The van der Waals surface area contributed by atoms with Crippen LogP contribution in [0.3, 0.4) is 0 Å². The summed E-state index contributed by atoms with van der Waals surface area (Å²) < 4.78 is 24.9. The van der Waals surface area contributed by atoms with Crippen LogP contribution < -0.4 is 5.73 Å². The number of piperidine rings is 1. The maximum absolute atomic E-state index is 11.6. The molecule has 2 N–H and O–H groups in total. The number of nitrogens with zero attached hydrogens (tertiary/aromatic N) is 1. The number of hydrogen-bond acceptors (Lipinski definition) is 3. The maximum atomic E-state index is 11.6. The summed E-state index contributed by atoms with van der Waals surface area (Å²) in [6.07, 6.45) is 3.11. The summed E-state index contributed by atoms with van der Waals surface area (Å²) >= 11 is 0. The molecule has 1 aliphatic rings. The van der Waals surface area contributed by atoms with Crippen LogP contribution in [0.2, 0.25) is 0 Å². The first-order chi connectivity index (χ1) is 6.02. The lowest BCUT2D eigenvalue weighted by Crippen LogP contribution is -2.41. The minimum absolute atomic E-state index is 0.0764. The summed E-state index contributed by atoms with van der Waals surface area (Å²) in [7, 11) is -3.07. The van der Waals surface area contributed by atoms with E-state index < -0.39 is 10.0 Å². The lowest BCUT2D eigenvalue weighted by Gasteiger charge is -2.26. The molecule has 1 heterocycles. The Morgan fingerprint density at radius 2 is 1.85 bits per heavy atom. The Balaban J connectivity index is 2.57. The molecule has 0 amide bonds. The first-order valence-electron chi connectivity index (χ1n) is 4.76. The lowest BCUT2D eigenvalue weighted by molar-refractivity contribution is 0.346. The van der Waals surface area contributed by atoms with Gasteiger partial charge in [-0.2, -0.15) is 0 Å². The van der Waals surface area contributed by atoms with Crippen LogP contribution >= 0.6 is 0 Å². The van der Waals surface area contributed by atoms with Crippen molar-refractivity contribution in [3.05, 3.63) is 0 Å². The van der Waals surface area contributed by atoms with Crippen LogP contribution in [0.5, 0.6) is 0 Å². The molecule has 0 aromatic carbocycles. The van der Waals surface area contributed by atoms with Crippen LogP contribution in [-0.2, 0) is 10.0 Å². The minimum Gasteiger partial charge on any atom is -0.327 e. The highest BCUT2D eigenvalue weighted by atomic mass is 32.2. The Morgan fingerprint density at radius 1 is 1.31 bits per heavy atom. The molecule has 78 valence electrons. The normalized spacial score (nSPS) is 22.9. The number of nitrogens with two attached hydrogens (primary N) is 1. The first-order valence-corrected chi connectivity index (χ1v) is 6.37. The van der Waals surface area contributed by atoms with Crippen LogP contribution in [0.1, 0.15) is 26.2 Å². The summed E-state index contributed by atoms with van der Waals surface area (Å²) in [4.78, 5) is 0. The molecule has 0 radical (unpaired) electrons. The molecule has 4 nitrogen and oxygen atoms in total. The Labute approximate surface area is 80.1 Å². The quantitative estimate of drug-likeness (QED) is 0.715. The van der Waals surface area contributed by atoms with Gasteiger partial charge in [-0.25, -0.2) is 12.7 Å². The van der Waals surface area contributed by atoms with Gasteiger partial charge >= 0.3 is 0 Å². The van der Waals surface area contributed by atoms with E-state index >= 15 is 0 Å². The Morgan fingerprint density at radius 3 is 2.31 bits per heavy atom. The molecule has 0 saturated carbocycles. The summed E-state index contributed by atoms with van der Waals surface area (Å²) in [5.41, 5.74) is 5.48. The van der Waals surface area contributed by atoms with Crippen molar-refractivity contribution < 1.29 is 8.42 Å². The molecule has 1 atom stereocenters. The van der Waals surface area contributed by atoms with E-state index in [-0.39, 0.29) is 11.8 Å². The topological polar surface area (TPSA) is 63.4 Å². The Bertz CT molecular complexity index is 243. The zero-order valence-electron chi connectivity index (χ0n) is 8.07. The van der Waals surface area contributed by atoms with Crippen molar-refractivity contribution in [3.8, 4) is 0 Å². The fourth-order valence-corrected chi connectivity index (χ4v) is 3.27. The molecule has 5 heteroatoms. The Hall–Kier alpha value is -0.130. The van der Waals surface area contributed by atoms with Crippen molar-refractivity contribution in [1.29, 1.82) is 0 Å². The van der Waals surface area contributed by atoms with E-state index in [2.05, 4.69) is 0 Å². The molecule has 0 aliphatic carbocycles. The molecule has 0 spiro atoms. The van der Waals surface area contributed by atoms with Crippen LogP contribution in [0, 0.1) is 0 Å². The van der Waals surface area contributed by atoms with Crippen molar-refractivity contribution in [2.24, 2.45) is 5.73 Å². The number of hydrogen-bond donors (Lipinski definition) is 1. The van der Waals surface area contributed by atoms with E-state index in [1.165, 1.54) is 0 Å². The van der Waals surface area contributed by atoms with Crippen LogP contribution in [0.15, 0.2) is 0 Å². The highest BCUT2D eigenvalue weighted by Gasteiger charge is 2.24. The van der Waals surface area contributed by atoms with E-state index in [0.717, 1.165) is 19.3 Å². The predicted molar refractivity (Wildman–Crippen MR) is 52.9 cm³/mol. The first kappa shape index (κ1) is 10.9. The molecular weight excluding hydrogens is 188 g/mol. The third kappa shape index (κ3) is 3.25. The maximum Gasteiger partial charge on any atom is 0.215 e. The smallest absolute Gasteiger partial charge is 0.215 e. The van der Waals surface area contributed by atoms with Gasteiger partial charge in [-0.05, 0) is 19.8 Å². The molecule has 13 heavy (non-hydrogen) atoms. The van der Waals surface area contributed by atoms with E-state index in [9.17, 15) is 8.42 Å². The van der Waals surface area contributed by atoms with Gasteiger partial charge in [0.2, 0.25) is 10.0 Å². The summed E-state index contributed by atoms with van der Waals surface area (Å²) in [6, 6.07) is -0.271. The second-order valence-electron chi connectivity index (χ2n) is 3.72. The minimum atomic E-state index is -3.07. The third-order valence-electron chi connectivity index (χ3n) is 2.18.